The van der Waals surface area contributed by atoms with Gasteiger partial charge in [-0.1, -0.05) is 29.8 Å². The molecule has 2 heterocycles. The van der Waals surface area contributed by atoms with Crippen molar-refractivity contribution in [3.8, 4) is 0 Å². The van der Waals surface area contributed by atoms with Crippen molar-refractivity contribution in [1.82, 2.24) is 19.8 Å². The molecule has 1 aromatic heterocycles. The van der Waals surface area contributed by atoms with Gasteiger partial charge in [0, 0.05) is 43.9 Å². The van der Waals surface area contributed by atoms with Gasteiger partial charge in [0.25, 0.3) is 11.5 Å². The summed E-state index contributed by atoms with van der Waals surface area (Å²) in [4.78, 5) is 40.0. The molecule has 0 saturated carbocycles. The van der Waals surface area contributed by atoms with Crippen LogP contribution in [0.4, 0.5) is 0 Å². The first-order valence-corrected chi connectivity index (χ1v) is 8.88. The summed E-state index contributed by atoms with van der Waals surface area (Å²) in [5.41, 5.74) is -0.167. The smallest absolute Gasteiger partial charge is 0.328 e. The summed E-state index contributed by atoms with van der Waals surface area (Å²) >= 11 is 6.21. The molecule has 138 valence electrons. The van der Waals surface area contributed by atoms with E-state index < -0.39 is 17.2 Å². The van der Waals surface area contributed by atoms with Gasteiger partial charge in [0.15, 0.2) is 0 Å². The zero-order chi connectivity index (χ0) is 18.7. The van der Waals surface area contributed by atoms with Crippen molar-refractivity contribution in [2.24, 2.45) is 7.05 Å². The zero-order valence-corrected chi connectivity index (χ0v) is 15.3. The monoisotopic (exact) mass is 376 g/mol. The van der Waals surface area contributed by atoms with Crippen molar-refractivity contribution < 1.29 is 4.79 Å². The fraction of sp³-hybridized carbons (Fsp3) is 0.389. The Bertz CT molecular complexity index is 913. The Kier molecular flexibility index (Phi) is 5.58. The Morgan fingerprint density at radius 1 is 1.27 bits per heavy atom. The van der Waals surface area contributed by atoms with Gasteiger partial charge in [-0.05, 0) is 24.5 Å². The number of piperidine rings is 1. The normalized spacial score (nSPS) is 15.8. The maximum atomic E-state index is 12.3. The lowest BCUT2D eigenvalue weighted by atomic mass is 10.0. The van der Waals surface area contributed by atoms with Crippen LogP contribution in [0.1, 0.15) is 28.8 Å². The van der Waals surface area contributed by atoms with Crippen LogP contribution in [0, 0.1) is 0 Å². The number of hydrogen-bond donors (Lipinski definition) is 2. The van der Waals surface area contributed by atoms with Crippen molar-refractivity contribution in [1.29, 1.82) is 0 Å². The maximum absolute atomic E-state index is 12.3. The second kappa shape index (κ2) is 7.88. The maximum Gasteiger partial charge on any atom is 0.328 e. The number of nitrogens with one attached hydrogen (secondary N) is 2. The minimum absolute atomic E-state index is 0.00151. The first kappa shape index (κ1) is 18.4. The van der Waals surface area contributed by atoms with Crippen molar-refractivity contribution >= 4 is 17.5 Å². The molecule has 1 saturated heterocycles. The van der Waals surface area contributed by atoms with Crippen molar-refractivity contribution in [2.45, 2.75) is 25.4 Å². The molecular weight excluding hydrogens is 356 g/mol. The van der Waals surface area contributed by atoms with Gasteiger partial charge < -0.3 is 9.88 Å². The molecule has 26 heavy (non-hydrogen) atoms. The number of rotatable bonds is 4. The average molecular weight is 377 g/mol. The predicted octanol–water partition coefficient (Wildman–Crippen LogP) is 1.12. The lowest BCUT2D eigenvalue weighted by molar-refractivity contribution is 0.0906. The molecule has 1 aromatic carbocycles. The highest BCUT2D eigenvalue weighted by Gasteiger charge is 2.23. The summed E-state index contributed by atoms with van der Waals surface area (Å²) in [6.07, 6.45) is 2.85. The molecule has 0 radical (unpaired) electrons. The molecule has 7 nitrogen and oxygen atoms in total. The molecule has 3 rings (SSSR count). The summed E-state index contributed by atoms with van der Waals surface area (Å²) in [5.74, 6) is -0.452. The molecule has 2 aromatic rings. The molecule has 1 amide bonds. The number of benzene rings is 1. The number of aromatic amines is 1. The minimum atomic E-state index is -0.665. The first-order chi connectivity index (χ1) is 12.4. The third-order valence-electron chi connectivity index (χ3n) is 4.63. The Balaban J connectivity index is 1.56. The van der Waals surface area contributed by atoms with Gasteiger partial charge in [-0.25, -0.2) is 4.79 Å². The number of carbonyl (C=O) groups excluding carboxylic acids is 1. The van der Waals surface area contributed by atoms with Gasteiger partial charge in [0.05, 0.1) is 0 Å². The molecule has 0 atom stereocenters. The molecule has 0 bridgehead atoms. The van der Waals surface area contributed by atoms with Crippen LogP contribution in [0.2, 0.25) is 5.02 Å². The van der Waals surface area contributed by atoms with E-state index in [1.165, 1.54) is 17.8 Å². The summed E-state index contributed by atoms with van der Waals surface area (Å²) in [5, 5.41) is 3.65. The van der Waals surface area contributed by atoms with E-state index in [4.69, 9.17) is 11.6 Å². The molecule has 1 aliphatic heterocycles. The Hall–Kier alpha value is -2.38. The van der Waals surface area contributed by atoms with Crippen molar-refractivity contribution in [3.63, 3.8) is 0 Å². The van der Waals surface area contributed by atoms with Crippen LogP contribution in [0.3, 0.4) is 0 Å². The quantitative estimate of drug-likeness (QED) is 0.837. The van der Waals surface area contributed by atoms with Crippen LogP contribution in [0.5, 0.6) is 0 Å². The highest BCUT2D eigenvalue weighted by molar-refractivity contribution is 6.31. The van der Waals surface area contributed by atoms with Gasteiger partial charge in [0.2, 0.25) is 0 Å². The lowest BCUT2D eigenvalue weighted by Gasteiger charge is -2.32. The Labute approximate surface area is 155 Å². The van der Waals surface area contributed by atoms with Crippen LogP contribution in [0.15, 0.2) is 40.1 Å². The predicted molar refractivity (Wildman–Crippen MR) is 99.5 cm³/mol. The van der Waals surface area contributed by atoms with Crippen LogP contribution >= 0.6 is 11.6 Å². The van der Waals surface area contributed by atoms with E-state index in [0.717, 1.165) is 43.1 Å². The molecule has 1 aliphatic rings. The topological polar surface area (TPSA) is 87.2 Å². The van der Waals surface area contributed by atoms with Gasteiger partial charge in [-0.2, -0.15) is 0 Å². The third-order valence-corrected chi connectivity index (χ3v) is 5.00. The molecule has 2 N–H and O–H groups in total. The number of amides is 1. The van der Waals surface area contributed by atoms with E-state index in [9.17, 15) is 14.4 Å². The van der Waals surface area contributed by atoms with E-state index in [-0.39, 0.29) is 11.6 Å². The number of carbonyl (C=O) groups is 1. The lowest BCUT2D eigenvalue weighted by Crippen LogP contribution is -2.46. The summed E-state index contributed by atoms with van der Waals surface area (Å²) < 4.78 is 1.18. The van der Waals surface area contributed by atoms with Gasteiger partial charge in [-0.3, -0.25) is 19.5 Å². The highest BCUT2D eigenvalue weighted by atomic mass is 35.5. The van der Waals surface area contributed by atoms with Crippen LogP contribution in [-0.2, 0) is 13.6 Å². The Morgan fingerprint density at radius 2 is 1.96 bits per heavy atom. The number of aromatic nitrogens is 2. The van der Waals surface area contributed by atoms with E-state index >= 15 is 0 Å². The second-order valence-corrected chi connectivity index (χ2v) is 6.94. The third kappa shape index (κ3) is 4.23. The first-order valence-electron chi connectivity index (χ1n) is 8.50. The summed E-state index contributed by atoms with van der Waals surface area (Å²) in [6, 6.07) is 7.78. The minimum Gasteiger partial charge on any atom is -0.349 e. The summed E-state index contributed by atoms with van der Waals surface area (Å²) in [6.45, 7) is 2.44. The van der Waals surface area contributed by atoms with Crippen LogP contribution in [0.25, 0.3) is 0 Å². The highest BCUT2D eigenvalue weighted by Crippen LogP contribution is 2.19. The fourth-order valence-electron chi connectivity index (χ4n) is 3.09. The van der Waals surface area contributed by atoms with E-state index in [1.807, 2.05) is 24.3 Å². The average Bonchev–Trinajstić information content (AvgIpc) is 2.61. The van der Waals surface area contributed by atoms with E-state index in [0.29, 0.717) is 0 Å². The number of nitrogens with zero attached hydrogens (tertiary/aromatic N) is 2. The largest absolute Gasteiger partial charge is 0.349 e. The molecule has 1 fully saturated rings. The molecule has 8 heteroatoms. The zero-order valence-electron chi connectivity index (χ0n) is 14.5. The number of hydrogen-bond acceptors (Lipinski definition) is 4. The molecule has 0 aliphatic carbocycles. The number of halogens is 1. The molecule has 0 unspecified atom stereocenters. The number of likely N-dealkylation sites (tertiary alicyclic amines) is 1. The summed E-state index contributed by atoms with van der Waals surface area (Å²) in [7, 11) is 1.49. The number of H-pyrrole nitrogens is 1. The van der Waals surface area contributed by atoms with Gasteiger partial charge in [0.1, 0.15) is 5.56 Å². The SMILES string of the molecule is Cn1cc(C(=O)NC2CCN(Cc3ccccc3Cl)CC2)c(=O)[nH]c1=O. The number of aryl methyl sites for hydroxylation is 1. The van der Waals surface area contributed by atoms with Crippen LogP contribution < -0.4 is 16.6 Å². The fourth-order valence-corrected chi connectivity index (χ4v) is 3.29. The second-order valence-electron chi connectivity index (χ2n) is 6.53. The van der Waals surface area contributed by atoms with E-state index in [2.05, 4.69) is 15.2 Å². The molecule has 0 spiro atoms. The van der Waals surface area contributed by atoms with Crippen molar-refractivity contribution in [2.75, 3.05) is 13.1 Å². The van der Waals surface area contributed by atoms with E-state index in [1.54, 1.807) is 0 Å². The van der Waals surface area contributed by atoms with Gasteiger partial charge >= 0.3 is 5.69 Å². The molecular formula is C18H21ClN4O3. The van der Waals surface area contributed by atoms with Gasteiger partial charge in [-0.15, -0.1) is 0 Å². The standard InChI is InChI=1S/C18H21ClN4O3/c1-22-11-14(17(25)21-18(22)26)16(24)20-13-6-8-23(9-7-13)10-12-4-2-3-5-15(12)19/h2-5,11,13H,6-10H2,1H3,(H,20,24)(H,21,25,26). The van der Waals surface area contributed by atoms with Crippen LogP contribution in [-0.4, -0.2) is 39.5 Å². The Morgan fingerprint density at radius 3 is 2.65 bits per heavy atom. The van der Waals surface area contributed by atoms with Crippen molar-refractivity contribution in [3.05, 3.63) is 67.4 Å².